The van der Waals surface area contributed by atoms with Gasteiger partial charge in [0.25, 0.3) is 5.91 Å². The van der Waals surface area contributed by atoms with Gasteiger partial charge in [-0.05, 0) is 36.4 Å². The van der Waals surface area contributed by atoms with Gasteiger partial charge in [-0.3, -0.25) is 4.79 Å². The Bertz CT molecular complexity index is 655. The summed E-state index contributed by atoms with van der Waals surface area (Å²) in [6.07, 6.45) is -1.00. The van der Waals surface area contributed by atoms with Crippen molar-refractivity contribution in [1.82, 2.24) is 20.2 Å². The highest BCUT2D eigenvalue weighted by Gasteiger charge is 2.16. The van der Waals surface area contributed by atoms with E-state index in [0.29, 0.717) is 16.4 Å². The fourth-order valence-corrected chi connectivity index (χ4v) is 1.56. The van der Waals surface area contributed by atoms with Gasteiger partial charge in [0.15, 0.2) is 12.6 Å². The molecule has 2 rings (SSSR count). The van der Waals surface area contributed by atoms with Crippen LogP contribution in [0.2, 0.25) is 5.02 Å². The lowest BCUT2D eigenvalue weighted by molar-refractivity contribution is -0.154. The first-order valence-electron chi connectivity index (χ1n) is 5.98. The number of rotatable bonds is 5. The predicted octanol–water partition coefficient (Wildman–Crippen LogP) is 0.411. The zero-order chi connectivity index (χ0) is 15.4. The van der Waals surface area contributed by atoms with Crippen LogP contribution in [0.3, 0.4) is 0 Å². The first-order valence-corrected chi connectivity index (χ1v) is 6.36. The van der Waals surface area contributed by atoms with Crippen LogP contribution >= 0.6 is 11.6 Å². The molecule has 0 bridgehead atoms. The Morgan fingerprint density at radius 1 is 1.38 bits per heavy atom. The van der Waals surface area contributed by atoms with Gasteiger partial charge in [-0.25, -0.2) is 4.79 Å². The number of carbonyl (C=O) groups is 2. The van der Waals surface area contributed by atoms with E-state index < -0.39 is 18.0 Å². The van der Waals surface area contributed by atoms with Gasteiger partial charge < -0.3 is 10.5 Å². The van der Waals surface area contributed by atoms with Gasteiger partial charge in [0.1, 0.15) is 0 Å². The first kappa shape index (κ1) is 14.9. The number of aromatic nitrogens is 4. The number of hydrogen-bond donors (Lipinski definition) is 1. The molecule has 1 aromatic carbocycles. The molecule has 8 nitrogen and oxygen atoms in total. The molecule has 0 spiro atoms. The lowest BCUT2D eigenvalue weighted by atomic mass is 10.2. The Hall–Kier alpha value is -2.48. The Labute approximate surface area is 124 Å². The van der Waals surface area contributed by atoms with Crippen LogP contribution in [-0.2, 0) is 20.9 Å². The number of primary amides is 1. The molecule has 2 N–H and O–H groups in total. The first-order chi connectivity index (χ1) is 9.95. The number of halogens is 1. The third-order valence-electron chi connectivity index (χ3n) is 2.53. The number of nitrogens with zero attached hydrogens (tertiary/aromatic N) is 4. The van der Waals surface area contributed by atoms with Crippen LogP contribution in [0.15, 0.2) is 24.3 Å². The molecule has 1 atom stereocenters. The van der Waals surface area contributed by atoms with Crippen molar-refractivity contribution in [3.63, 3.8) is 0 Å². The second-order valence-corrected chi connectivity index (χ2v) is 4.62. The fourth-order valence-electron chi connectivity index (χ4n) is 1.43. The molecular weight excluding hydrogens is 298 g/mol. The lowest BCUT2D eigenvalue weighted by Gasteiger charge is -2.08. The Morgan fingerprint density at radius 3 is 2.67 bits per heavy atom. The number of benzene rings is 1. The summed E-state index contributed by atoms with van der Waals surface area (Å²) in [5.41, 5.74) is 5.71. The number of ether oxygens (including phenoxy) is 1. The Balaban J connectivity index is 2.01. The Morgan fingerprint density at radius 2 is 2.05 bits per heavy atom. The second-order valence-electron chi connectivity index (χ2n) is 4.18. The molecule has 0 aliphatic carbocycles. The summed E-state index contributed by atoms with van der Waals surface area (Å²) in [6, 6.07) is 6.86. The fraction of sp³-hybridized carbons (Fsp3) is 0.250. The maximum absolute atomic E-state index is 11.5. The maximum Gasteiger partial charge on any atom is 0.330 e. The van der Waals surface area contributed by atoms with Crippen molar-refractivity contribution in [1.29, 1.82) is 0 Å². The Kier molecular flexibility index (Phi) is 4.49. The van der Waals surface area contributed by atoms with E-state index in [9.17, 15) is 9.59 Å². The summed E-state index contributed by atoms with van der Waals surface area (Å²) < 4.78 is 4.79. The van der Waals surface area contributed by atoms with Crippen LogP contribution in [0.1, 0.15) is 6.92 Å². The van der Waals surface area contributed by atoms with Crippen molar-refractivity contribution in [2.45, 2.75) is 19.6 Å². The zero-order valence-electron chi connectivity index (χ0n) is 11.1. The molecule has 0 aliphatic rings. The van der Waals surface area contributed by atoms with Gasteiger partial charge in [-0.1, -0.05) is 11.6 Å². The van der Waals surface area contributed by atoms with E-state index in [2.05, 4.69) is 15.4 Å². The smallest absolute Gasteiger partial charge is 0.330 e. The third-order valence-corrected chi connectivity index (χ3v) is 2.79. The molecule has 9 heteroatoms. The van der Waals surface area contributed by atoms with Gasteiger partial charge in [0, 0.05) is 10.6 Å². The average molecular weight is 310 g/mol. The van der Waals surface area contributed by atoms with Crippen molar-refractivity contribution in [3.05, 3.63) is 29.3 Å². The van der Waals surface area contributed by atoms with E-state index in [1.807, 2.05) is 0 Å². The predicted molar refractivity (Wildman–Crippen MR) is 73.0 cm³/mol. The normalized spacial score (nSPS) is 11.9. The molecule has 110 valence electrons. The van der Waals surface area contributed by atoms with Gasteiger partial charge in [-0.15, -0.1) is 10.2 Å². The molecule has 1 amide bonds. The number of tetrazole rings is 1. The summed E-state index contributed by atoms with van der Waals surface area (Å²) in [5.74, 6) is -1.06. The quantitative estimate of drug-likeness (QED) is 0.800. The van der Waals surface area contributed by atoms with Crippen LogP contribution in [0.5, 0.6) is 0 Å². The van der Waals surface area contributed by atoms with E-state index in [4.69, 9.17) is 22.1 Å². The van der Waals surface area contributed by atoms with Crippen molar-refractivity contribution in [3.8, 4) is 11.4 Å². The highest BCUT2D eigenvalue weighted by molar-refractivity contribution is 6.30. The van der Waals surface area contributed by atoms with E-state index in [1.54, 1.807) is 24.3 Å². The van der Waals surface area contributed by atoms with Crippen molar-refractivity contribution in [2.75, 3.05) is 0 Å². The van der Waals surface area contributed by atoms with E-state index in [-0.39, 0.29) is 6.54 Å². The summed E-state index contributed by atoms with van der Waals surface area (Å²) in [6.45, 7) is 1.12. The number of hydrogen-bond acceptors (Lipinski definition) is 6. The zero-order valence-corrected chi connectivity index (χ0v) is 11.8. The summed E-state index contributed by atoms with van der Waals surface area (Å²) in [7, 11) is 0. The van der Waals surface area contributed by atoms with Crippen LogP contribution in [-0.4, -0.2) is 38.2 Å². The van der Waals surface area contributed by atoms with Gasteiger partial charge >= 0.3 is 5.97 Å². The minimum atomic E-state index is -1.00. The summed E-state index contributed by atoms with van der Waals surface area (Å²) in [4.78, 5) is 23.4. The SMILES string of the molecule is C[C@H](OC(=O)Cn1nnc(-c2ccc(Cl)cc2)n1)C(N)=O. The van der Waals surface area contributed by atoms with Gasteiger partial charge in [0.05, 0.1) is 0 Å². The standard InChI is InChI=1S/C12H12ClN5O3/c1-7(11(14)20)21-10(19)6-18-16-12(15-17-18)8-2-4-9(13)5-3-8/h2-5,7H,6H2,1H3,(H2,14,20)/t7-/m0/s1. The number of nitrogens with two attached hydrogens (primary N) is 1. The number of esters is 1. The molecular formula is C12H12ClN5O3. The molecule has 0 fully saturated rings. The van der Waals surface area contributed by atoms with Crippen molar-refractivity contribution in [2.24, 2.45) is 5.73 Å². The molecule has 0 aliphatic heterocycles. The van der Waals surface area contributed by atoms with E-state index in [0.717, 1.165) is 4.80 Å². The lowest BCUT2D eigenvalue weighted by Crippen LogP contribution is -2.31. The molecule has 2 aromatic rings. The topological polar surface area (TPSA) is 113 Å². The van der Waals surface area contributed by atoms with E-state index in [1.165, 1.54) is 6.92 Å². The van der Waals surface area contributed by atoms with Crippen molar-refractivity contribution >= 4 is 23.5 Å². The highest BCUT2D eigenvalue weighted by Crippen LogP contribution is 2.16. The molecule has 1 aromatic heterocycles. The van der Waals surface area contributed by atoms with Gasteiger partial charge in [-0.2, -0.15) is 4.80 Å². The molecule has 0 saturated carbocycles. The largest absolute Gasteiger partial charge is 0.451 e. The summed E-state index contributed by atoms with van der Waals surface area (Å²) >= 11 is 5.79. The molecule has 1 heterocycles. The maximum atomic E-state index is 11.5. The number of amides is 1. The minimum absolute atomic E-state index is 0.266. The third kappa shape index (κ3) is 3.99. The summed E-state index contributed by atoms with van der Waals surface area (Å²) in [5, 5.41) is 12.2. The molecule has 0 unspecified atom stereocenters. The number of carbonyl (C=O) groups excluding carboxylic acids is 2. The van der Waals surface area contributed by atoms with Crippen LogP contribution in [0, 0.1) is 0 Å². The molecule has 21 heavy (non-hydrogen) atoms. The monoisotopic (exact) mass is 309 g/mol. The van der Waals surface area contributed by atoms with E-state index >= 15 is 0 Å². The van der Waals surface area contributed by atoms with Crippen LogP contribution in [0.25, 0.3) is 11.4 Å². The van der Waals surface area contributed by atoms with Crippen LogP contribution < -0.4 is 5.73 Å². The average Bonchev–Trinajstić information content (AvgIpc) is 2.87. The van der Waals surface area contributed by atoms with Crippen LogP contribution in [0.4, 0.5) is 0 Å². The van der Waals surface area contributed by atoms with Crippen molar-refractivity contribution < 1.29 is 14.3 Å². The van der Waals surface area contributed by atoms with Gasteiger partial charge in [0.2, 0.25) is 5.82 Å². The highest BCUT2D eigenvalue weighted by atomic mass is 35.5. The minimum Gasteiger partial charge on any atom is -0.451 e. The molecule has 0 saturated heterocycles. The second kappa shape index (κ2) is 6.31. The molecule has 0 radical (unpaired) electrons.